The number of rotatable bonds is 3. The maximum absolute atomic E-state index is 4.38. The quantitative estimate of drug-likeness (QED) is 0.895. The molecule has 1 unspecified atom stereocenters. The molecule has 1 aliphatic carbocycles. The molecule has 0 saturated heterocycles. The Labute approximate surface area is 108 Å². The number of hydrogen-bond donors (Lipinski definition) is 1. The van der Waals surface area contributed by atoms with Crippen molar-refractivity contribution in [2.75, 3.05) is 5.32 Å². The molecule has 0 bridgehead atoms. The minimum absolute atomic E-state index is 0.226. The maximum Gasteiger partial charge on any atom is 0.130 e. The molecule has 1 aliphatic rings. The topological polar surface area (TPSA) is 29.9 Å². The molecule has 1 N–H and O–H groups in total. The summed E-state index contributed by atoms with van der Waals surface area (Å²) in [6.45, 7) is 2.15. The van der Waals surface area contributed by atoms with Gasteiger partial charge in [0.05, 0.1) is 6.04 Å². The lowest BCUT2D eigenvalue weighted by molar-refractivity contribution is 0.721. The van der Waals surface area contributed by atoms with Gasteiger partial charge in [0.15, 0.2) is 0 Å². The SMILES string of the molecule is CC(Nc1ccc2c(c1)CCC2)c1nccn1C. The van der Waals surface area contributed by atoms with Crippen LogP contribution in [-0.4, -0.2) is 9.55 Å². The molecular formula is C15H19N3. The number of aryl methyl sites for hydroxylation is 3. The second-order valence-corrected chi connectivity index (χ2v) is 5.10. The van der Waals surface area contributed by atoms with E-state index in [0.29, 0.717) is 0 Å². The van der Waals surface area contributed by atoms with E-state index in [0.717, 1.165) is 5.82 Å². The van der Waals surface area contributed by atoms with E-state index in [2.05, 4.69) is 40.0 Å². The molecule has 1 aromatic heterocycles. The van der Waals surface area contributed by atoms with Crippen LogP contribution in [0.2, 0.25) is 0 Å². The summed E-state index contributed by atoms with van der Waals surface area (Å²) < 4.78 is 2.06. The van der Waals surface area contributed by atoms with E-state index in [-0.39, 0.29) is 6.04 Å². The largest absolute Gasteiger partial charge is 0.375 e. The van der Waals surface area contributed by atoms with E-state index in [1.54, 1.807) is 0 Å². The zero-order valence-corrected chi connectivity index (χ0v) is 11.0. The van der Waals surface area contributed by atoms with Crippen LogP contribution in [0, 0.1) is 0 Å². The van der Waals surface area contributed by atoms with Crippen LogP contribution in [-0.2, 0) is 19.9 Å². The lowest BCUT2D eigenvalue weighted by atomic mass is 10.1. The Balaban J connectivity index is 1.79. The fourth-order valence-electron chi connectivity index (χ4n) is 2.77. The predicted octanol–water partition coefficient (Wildman–Crippen LogP) is 3.08. The number of anilines is 1. The Morgan fingerprint density at radius 1 is 1.28 bits per heavy atom. The van der Waals surface area contributed by atoms with Gasteiger partial charge < -0.3 is 9.88 Å². The third-order valence-corrected chi connectivity index (χ3v) is 3.73. The van der Waals surface area contributed by atoms with Crippen LogP contribution >= 0.6 is 0 Å². The van der Waals surface area contributed by atoms with E-state index >= 15 is 0 Å². The lowest BCUT2D eigenvalue weighted by Crippen LogP contribution is -2.11. The molecule has 0 aliphatic heterocycles. The van der Waals surface area contributed by atoms with Gasteiger partial charge in [-0.05, 0) is 49.4 Å². The van der Waals surface area contributed by atoms with Crippen LogP contribution in [0.4, 0.5) is 5.69 Å². The highest BCUT2D eigenvalue weighted by atomic mass is 15.1. The van der Waals surface area contributed by atoms with E-state index in [9.17, 15) is 0 Å². The number of benzene rings is 1. The molecule has 0 radical (unpaired) electrons. The molecule has 3 rings (SSSR count). The summed E-state index contributed by atoms with van der Waals surface area (Å²) in [7, 11) is 2.03. The summed E-state index contributed by atoms with van der Waals surface area (Å²) in [4.78, 5) is 4.38. The van der Waals surface area contributed by atoms with Crippen molar-refractivity contribution in [2.24, 2.45) is 7.05 Å². The number of imidazole rings is 1. The highest BCUT2D eigenvalue weighted by Gasteiger charge is 2.13. The summed E-state index contributed by atoms with van der Waals surface area (Å²) in [5, 5.41) is 3.53. The molecule has 0 fully saturated rings. The molecule has 1 heterocycles. The molecule has 1 atom stereocenters. The number of nitrogens with one attached hydrogen (secondary N) is 1. The fourth-order valence-corrected chi connectivity index (χ4v) is 2.77. The number of hydrogen-bond acceptors (Lipinski definition) is 2. The first-order chi connectivity index (χ1) is 8.74. The van der Waals surface area contributed by atoms with Gasteiger partial charge in [0.2, 0.25) is 0 Å². The molecular weight excluding hydrogens is 222 g/mol. The maximum atomic E-state index is 4.38. The van der Waals surface area contributed by atoms with Crippen molar-refractivity contribution in [3.63, 3.8) is 0 Å². The third kappa shape index (κ3) is 2.01. The number of aromatic nitrogens is 2. The van der Waals surface area contributed by atoms with E-state index in [1.807, 2.05) is 19.4 Å². The molecule has 18 heavy (non-hydrogen) atoms. The Kier molecular flexibility index (Phi) is 2.82. The Bertz CT molecular complexity index is 557. The standard InChI is InChI=1S/C15H19N3/c1-11(15-16-8-9-18(15)2)17-14-7-6-12-4-3-5-13(12)10-14/h6-11,17H,3-5H2,1-2H3. The number of fused-ring (bicyclic) bond motifs is 1. The van der Waals surface area contributed by atoms with Gasteiger partial charge in [0, 0.05) is 25.1 Å². The Morgan fingerprint density at radius 3 is 2.89 bits per heavy atom. The van der Waals surface area contributed by atoms with Gasteiger partial charge in [-0.3, -0.25) is 0 Å². The average molecular weight is 241 g/mol. The second kappa shape index (κ2) is 4.48. The summed E-state index contributed by atoms with van der Waals surface area (Å²) in [5.74, 6) is 1.07. The van der Waals surface area contributed by atoms with Gasteiger partial charge in [-0.15, -0.1) is 0 Å². The highest BCUT2D eigenvalue weighted by Crippen LogP contribution is 2.26. The van der Waals surface area contributed by atoms with Gasteiger partial charge in [-0.1, -0.05) is 6.07 Å². The van der Waals surface area contributed by atoms with Gasteiger partial charge in [0.25, 0.3) is 0 Å². The zero-order valence-electron chi connectivity index (χ0n) is 11.0. The van der Waals surface area contributed by atoms with E-state index in [1.165, 1.54) is 36.1 Å². The molecule has 0 spiro atoms. The van der Waals surface area contributed by atoms with Crippen molar-refractivity contribution in [3.8, 4) is 0 Å². The van der Waals surface area contributed by atoms with Crippen LogP contribution in [0.1, 0.15) is 36.3 Å². The normalized spacial score (nSPS) is 15.4. The summed E-state index contributed by atoms with van der Waals surface area (Å²) in [6.07, 6.45) is 7.59. The first kappa shape index (κ1) is 11.3. The molecule has 0 amide bonds. The molecule has 3 nitrogen and oxygen atoms in total. The smallest absolute Gasteiger partial charge is 0.130 e. The van der Waals surface area contributed by atoms with E-state index in [4.69, 9.17) is 0 Å². The van der Waals surface area contributed by atoms with Crippen LogP contribution in [0.5, 0.6) is 0 Å². The molecule has 94 valence electrons. The monoisotopic (exact) mass is 241 g/mol. The van der Waals surface area contributed by atoms with E-state index < -0.39 is 0 Å². The van der Waals surface area contributed by atoms with Crippen molar-refractivity contribution in [1.82, 2.24) is 9.55 Å². The Morgan fingerprint density at radius 2 is 2.11 bits per heavy atom. The van der Waals surface area contributed by atoms with Crippen LogP contribution < -0.4 is 5.32 Å². The summed E-state index contributed by atoms with van der Waals surface area (Å²) in [6, 6.07) is 6.96. The number of nitrogens with zero attached hydrogens (tertiary/aromatic N) is 2. The average Bonchev–Trinajstić information content (AvgIpc) is 2.96. The second-order valence-electron chi connectivity index (χ2n) is 5.10. The van der Waals surface area contributed by atoms with Crippen molar-refractivity contribution in [1.29, 1.82) is 0 Å². The van der Waals surface area contributed by atoms with Crippen molar-refractivity contribution in [2.45, 2.75) is 32.2 Å². The van der Waals surface area contributed by atoms with Gasteiger partial charge in [-0.2, -0.15) is 0 Å². The van der Waals surface area contributed by atoms with Gasteiger partial charge >= 0.3 is 0 Å². The summed E-state index contributed by atoms with van der Waals surface area (Å²) in [5.41, 5.74) is 4.23. The first-order valence-corrected chi connectivity index (χ1v) is 6.59. The zero-order chi connectivity index (χ0) is 12.5. The minimum atomic E-state index is 0.226. The highest BCUT2D eigenvalue weighted by molar-refractivity contribution is 5.50. The van der Waals surface area contributed by atoms with Crippen molar-refractivity contribution < 1.29 is 0 Å². The Hall–Kier alpha value is -1.77. The van der Waals surface area contributed by atoms with Gasteiger partial charge in [-0.25, -0.2) is 4.98 Å². The summed E-state index contributed by atoms with van der Waals surface area (Å²) >= 11 is 0. The molecule has 1 aromatic carbocycles. The van der Waals surface area contributed by atoms with Crippen LogP contribution in [0.3, 0.4) is 0 Å². The third-order valence-electron chi connectivity index (χ3n) is 3.73. The minimum Gasteiger partial charge on any atom is -0.375 e. The van der Waals surface area contributed by atoms with Crippen molar-refractivity contribution in [3.05, 3.63) is 47.5 Å². The van der Waals surface area contributed by atoms with Crippen LogP contribution in [0.15, 0.2) is 30.6 Å². The fraction of sp³-hybridized carbons (Fsp3) is 0.400. The molecule has 0 saturated carbocycles. The first-order valence-electron chi connectivity index (χ1n) is 6.59. The van der Waals surface area contributed by atoms with Gasteiger partial charge in [0.1, 0.15) is 5.82 Å². The lowest BCUT2D eigenvalue weighted by Gasteiger charge is -2.16. The predicted molar refractivity (Wildman–Crippen MR) is 73.7 cm³/mol. The molecule has 2 aromatic rings. The molecule has 3 heteroatoms. The van der Waals surface area contributed by atoms with Crippen molar-refractivity contribution >= 4 is 5.69 Å². The van der Waals surface area contributed by atoms with Crippen LogP contribution in [0.25, 0.3) is 0 Å².